The third-order valence-corrected chi connectivity index (χ3v) is 6.23. The molecule has 1 aliphatic heterocycles. The summed E-state index contributed by atoms with van der Waals surface area (Å²) in [5, 5.41) is 9.43. The predicted molar refractivity (Wildman–Crippen MR) is 126 cm³/mol. The topological polar surface area (TPSA) is 74.6 Å². The summed E-state index contributed by atoms with van der Waals surface area (Å²) in [5.41, 5.74) is 4.86. The number of nitrogens with zero attached hydrogens (tertiary/aromatic N) is 2. The van der Waals surface area contributed by atoms with Crippen molar-refractivity contribution in [2.75, 3.05) is 12.1 Å². The van der Waals surface area contributed by atoms with Gasteiger partial charge in [0.1, 0.15) is 12.4 Å². The normalized spacial score (nSPS) is 12.1. The Morgan fingerprint density at radius 3 is 2.82 bits per heavy atom. The first-order valence-electron chi connectivity index (χ1n) is 10.5. The van der Waals surface area contributed by atoms with Gasteiger partial charge in [0.05, 0.1) is 17.1 Å². The van der Waals surface area contributed by atoms with Gasteiger partial charge in [-0.25, -0.2) is 0 Å². The molecular formula is C25H23N3O4S. The van der Waals surface area contributed by atoms with E-state index in [1.165, 1.54) is 11.3 Å². The van der Waals surface area contributed by atoms with Crippen molar-refractivity contribution in [2.45, 2.75) is 27.0 Å². The molecule has 0 atom stereocenters. The van der Waals surface area contributed by atoms with Gasteiger partial charge in [-0.15, -0.1) is 11.3 Å². The number of aryl methyl sites for hydroxylation is 2. The highest BCUT2D eigenvalue weighted by molar-refractivity contribution is 7.12. The van der Waals surface area contributed by atoms with Crippen LogP contribution in [0.25, 0.3) is 0 Å². The third-order valence-electron chi connectivity index (χ3n) is 5.25. The number of benzene rings is 2. The maximum absolute atomic E-state index is 12.8. The van der Waals surface area contributed by atoms with E-state index in [9.17, 15) is 4.79 Å². The van der Waals surface area contributed by atoms with Gasteiger partial charge in [-0.2, -0.15) is 5.10 Å². The quantitative estimate of drug-likeness (QED) is 0.411. The molecule has 168 valence electrons. The summed E-state index contributed by atoms with van der Waals surface area (Å²) >= 11 is 1.39. The minimum atomic E-state index is -0.141. The first-order chi connectivity index (χ1) is 16.0. The molecule has 1 amide bonds. The Morgan fingerprint density at radius 2 is 1.97 bits per heavy atom. The number of amides is 1. The lowest BCUT2D eigenvalue weighted by Gasteiger charge is -2.08. The Balaban J connectivity index is 1.20. The summed E-state index contributed by atoms with van der Waals surface area (Å²) < 4.78 is 18.5. The van der Waals surface area contributed by atoms with E-state index in [1.54, 1.807) is 6.07 Å². The zero-order chi connectivity index (χ0) is 22.8. The van der Waals surface area contributed by atoms with E-state index in [4.69, 9.17) is 14.2 Å². The molecule has 0 bridgehead atoms. The van der Waals surface area contributed by atoms with Crippen LogP contribution in [-0.2, 0) is 13.2 Å². The van der Waals surface area contributed by atoms with E-state index >= 15 is 0 Å². The van der Waals surface area contributed by atoms with Crippen LogP contribution in [0.1, 0.15) is 32.2 Å². The number of hydrogen-bond acceptors (Lipinski definition) is 6. The van der Waals surface area contributed by atoms with Crippen LogP contribution in [0.3, 0.4) is 0 Å². The number of anilines is 1. The Morgan fingerprint density at radius 1 is 1.09 bits per heavy atom. The van der Waals surface area contributed by atoms with Crippen molar-refractivity contribution < 1.29 is 19.0 Å². The molecule has 2 aromatic carbocycles. The fourth-order valence-corrected chi connectivity index (χ4v) is 4.44. The van der Waals surface area contributed by atoms with Crippen LogP contribution in [0.4, 0.5) is 5.69 Å². The summed E-state index contributed by atoms with van der Waals surface area (Å²) in [4.78, 5) is 13.4. The van der Waals surface area contributed by atoms with E-state index in [2.05, 4.69) is 16.5 Å². The van der Waals surface area contributed by atoms with Crippen molar-refractivity contribution >= 4 is 22.9 Å². The van der Waals surface area contributed by atoms with Crippen molar-refractivity contribution in [3.8, 4) is 17.2 Å². The van der Waals surface area contributed by atoms with Crippen molar-refractivity contribution in [3.05, 3.63) is 87.4 Å². The summed E-state index contributed by atoms with van der Waals surface area (Å²) in [5.74, 6) is 1.95. The van der Waals surface area contributed by atoms with Gasteiger partial charge in [-0.05, 0) is 61.2 Å². The molecule has 1 N–H and O–H groups in total. The number of aromatic nitrogens is 2. The Kier molecular flexibility index (Phi) is 5.75. The van der Waals surface area contributed by atoms with Crippen LogP contribution in [0, 0.1) is 13.8 Å². The Bertz CT molecular complexity index is 1310. The van der Waals surface area contributed by atoms with Gasteiger partial charge >= 0.3 is 0 Å². The van der Waals surface area contributed by atoms with E-state index in [-0.39, 0.29) is 12.7 Å². The highest BCUT2D eigenvalue weighted by Crippen LogP contribution is 2.35. The Hall–Kier alpha value is -3.78. The summed E-state index contributed by atoms with van der Waals surface area (Å²) in [6.07, 6.45) is 0. The lowest BCUT2D eigenvalue weighted by Crippen LogP contribution is -2.11. The lowest BCUT2D eigenvalue weighted by molar-refractivity contribution is 0.103. The summed E-state index contributed by atoms with van der Waals surface area (Å²) in [7, 11) is 0. The second-order valence-electron chi connectivity index (χ2n) is 7.86. The number of carbonyl (C=O) groups excluding carboxylic acids is 1. The van der Waals surface area contributed by atoms with Crippen LogP contribution in [0.2, 0.25) is 0 Å². The van der Waals surface area contributed by atoms with Crippen LogP contribution in [-0.4, -0.2) is 22.5 Å². The van der Waals surface area contributed by atoms with Crippen molar-refractivity contribution in [2.24, 2.45) is 0 Å². The summed E-state index contributed by atoms with van der Waals surface area (Å²) in [6, 6.07) is 17.2. The number of nitrogens with one attached hydrogen (secondary N) is 1. The Labute approximate surface area is 195 Å². The van der Waals surface area contributed by atoms with Crippen molar-refractivity contribution in [3.63, 3.8) is 0 Å². The van der Waals surface area contributed by atoms with Gasteiger partial charge in [-0.3, -0.25) is 9.48 Å². The van der Waals surface area contributed by atoms with Gasteiger partial charge in [0.15, 0.2) is 11.5 Å². The largest absolute Gasteiger partial charge is 0.489 e. The molecule has 3 heterocycles. The molecule has 2 aromatic heterocycles. The molecule has 5 rings (SSSR count). The van der Waals surface area contributed by atoms with Crippen LogP contribution < -0.4 is 19.5 Å². The van der Waals surface area contributed by atoms with Crippen LogP contribution >= 0.6 is 11.3 Å². The molecule has 1 aliphatic rings. The molecule has 0 aliphatic carbocycles. The predicted octanol–water partition coefficient (Wildman–Crippen LogP) is 5.17. The smallest absolute Gasteiger partial charge is 0.265 e. The second kappa shape index (κ2) is 8.99. The van der Waals surface area contributed by atoms with Gasteiger partial charge in [-0.1, -0.05) is 12.1 Å². The summed E-state index contributed by atoms with van der Waals surface area (Å²) in [6.45, 7) is 5.27. The molecule has 0 saturated heterocycles. The maximum atomic E-state index is 12.8. The van der Waals surface area contributed by atoms with Gasteiger partial charge in [0, 0.05) is 23.0 Å². The number of carbonyl (C=O) groups is 1. The molecule has 4 aromatic rings. The maximum Gasteiger partial charge on any atom is 0.265 e. The van der Waals surface area contributed by atoms with Gasteiger partial charge in [0.25, 0.3) is 5.91 Å². The van der Waals surface area contributed by atoms with E-state index in [0.717, 1.165) is 34.0 Å². The highest BCUT2D eigenvalue weighted by atomic mass is 32.1. The number of thiophene rings is 1. The fraction of sp³-hybridized carbons (Fsp3) is 0.200. The first-order valence-corrected chi connectivity index (χ1v) is 11.4. The van der Waals surface area contributed by atoms with Crippen molar-refractivity contribution in [1.82, 2.24) is 9.78 Å². The van der Waals surface area contributed by atoms with Gasteiger partial charge < -0.3 is 19.5 Å². The van der Waals surface area contributed by atoms with Crippen LogP contribution in [0.15, 0.2) is 60.0 Å². The first kappa shape index (κ1) is 21.1. The number of ether oxygens (including phenoxy) is 3. The monoisotopic (exact) mass is 461 g/mol. The fourth-order valence-electron chi connectivity index (χ4n) is 3.65. The SMILES string of the molecule is Cc1cc(C)n(Cc2cccc(NC(=O)c3cc(COc4ccc5c(c4)OCO5)cs3)c2)n1. The number of rotatable bonds is 7. The van der Waals surface area contributed by atoms with E-state index in [1.807, 2.05) is 66.4 Å². The molecule has 0 saturated carbocycles. The van der Waals surface area contributed by atoms with E-state index in [0.29, 0.717) is 29.5 Å². The molecule has 0 spiro atoms. The lowest BCUT2D eigenvalue weighted by atomic mass is 10.2. The molecule has 0 fully saturated rings. The zero-order valence-corrected chi connectivity index (χ0v) is 19.1. The average molecular weight is 462 g/mol. The molecule has 0 unspecified atom stereocenters. The number of fused-ring (bicyclic) bond motifs is 1. The van der Waals surface area contributed by atoms with Crippen molar-refractivity contribution in [1.29, 1.82) is 0 Å². The zero-order valence-electron chi connectivity index (χ0n) is 18.3. The average Bonchev–Trinajstić information content (AvgIpc) is 3.52. The minimum Gasteiger partial charge on any atom is -0.489 e. The highest BCUT2D eigenvalue weighted by Gasteiger charge is 2.15. The molecular weight excluding hydrogens is 438 g/mol. The third kappa shape index (κ3) is 4.85. The molecule has 33 heavy (non-hydrogen) atoms. The molecule has 8 heteroatoms. The van der Waals surface area contributed by atoms with Crippen LogP contribution in [0.5, 0.6) is 17.2 Å². The van der Waals surface area contributed by atoms with Gasteiger partial charge in [0.2, 0.25) is 6.79 Å². The molecule has 7 nitrogen and oxygen atoms in total. The number of hydrogen-bond donors (Lipinski definition) is 1. The molecule has 0 radical (unpaired) electrons. The minimum absolute atomic E-state index is 0.141. The standard InChI is InChI=1S/C25H23N3O4S/c1-16-8-17(2)28(27-16)12-18-4-3-5-20(9-18)26-25(29)24-10-19(14-33-24)13-30-21-6-7-22-23(11-21)32-15-31-22/h3-11,14H,12-13,15H2,1-2H3,(H,26,29). The van der Waals surface area contributed by atoms with E-state index < -0.39 is 0 Å². The second-order valence-corrected chi connectivity index (χ2v) is 8.77.